The summed E-state index contributed by atoms with van der Waals surface area (Å²) < 4.78 is 0. The van der Waals surface area contributed by atoms with E-state index in [4.69, 9.17) is 9.97 Å². The number of aromatic nitrogens is 2. The van der Waals surface area contributed by atoms with Gasteiger partial charge in [-0.05, 0) is 72.8 Å². The molecule has 0 fully saturated rings. The molecule has 0 aliphatic carbocycles. The van der Waals surface area contributed by atoms with E-state index in [9.17, 15) is 0 Å². The van der Waals surface area contributed by atoms with Gasteiger partial charge in [-0.2, -0.15) is 0 Å². The molecule has 9 rings (SSSR count). The summed E-state index contributed by atoms with van der Waals surface area (Å²) in [5.74, 6) is 0. The topological polar surface area (TPSA) is 25.8 Å². The zero-order chi connectivity index (χ0) is 29.0. The van der Waals surface area contributed by atoms with Crippen LogP contribution in [0.25, 0.3) is 87.6 Å². The quantitative estimate of drug-likeness (QED) is 0.202. The molecule has 9 aromatic rings. The summed E-state index contributed by atoms with van der Waals surface area (Å²) in [4.78, 5) is 10.2. The molecule has 204 valence electrons. The Morgan fingerprint density at radius 3 is 1.80 bits per heavy atom. The Bertz CT molecular complexity index is 2550. The van der Waals surface area contributed by atoms with E-state index in [0.29, 0.717) is 0 Å². The Morgan fingerprint density at radius 2 is 0.955 bits per heavy atom. The van der Waals surface area contributed by atoms with Gasteiger partial charge in [-0.15, -0.1) is 0 Å². The second-order valence-corrected chi connectivity index (χ2v) is 11.4. The summed E-state index contributed by atoms with van der Waals surface area (Å²) >= 11 is 0. The summed E-state index contributed by atoms with van der Waals surface area (Å²) in [7, 11) is 0. The lowest BCUT2D eigenvalue weighted by atomic mass is 9.91. The molecule has 0 aliphatic rings. The first-order chi connectivity index (χ1) is 21.8. The standard InChI is InChI=1S/C42H26N2/c1-2-11-27(12-3-1)40-26-43-41-39-24-29(21-22-36(39)34-18-8-9-20-37(34)42(41)44-40)28-14-10-15-30(23-28)38-25-31-13-4-5-16-32(31)33-17-6-7-19-35(33)38/h1-26H. The summed E-state index contributed by atoms with van der Waals surface area (Å²) in [6.45, 7) is 0. The van der Waals surface area contributed by atoms with Crippen LogP contribution in [0.2, 0.25) is 0 Å². The Labute approximate surface area is 254 Å². The van der Waals surface area contributed by atoms with E-state index >= 15 is 0 Å². The van der Waals surface area contributed by atoms with Gasteiger partial charge in [0.1, 0.15) is 0 Å². The van der Waals surface area contributed by atoms with Gasteiger partial charge < -0.3 is 0 Å². The average Bonchev–Trinajstić information content (AvgIpc) is 3.11. The highest BCUT2D eigenvalue weighted by molar-refractivity contribution is 6.23. The molecule has 8 aromatic carbocycles. The largest absolute Gasteiger partial charge is 0.252 e. The van der Waals surface area contributed by atoms with E-state index in [0.717, 1.165) is 38.6 Å². The van der Waals surface area contributed by atoms with Gasteiger partial charge in [0, 0.05) is 16.3 Å². The fraction of sp³-hybridized carbons (Fsp3) is 0. The third kappa shape index (κ3) is 3.89. The van der Waals surface area contributed by atoms with Crippen LogP contribution in [0.15, 0.2) is 158 Å². The Hall–Kier alpha value is -5.86. The predicted octanol–water partition coefficient (Wildman–Crippen LogP) is 11.2. The molecular weight excluding hydrogens is 532 g/mol. The van der Waals surface area contributed by atoms with Crippen LogP contribution >= 0.6 is 0 Å². The Balaban J connectivity index is 1.25. The van der Waals surface area contributed by atoms with E-state index < -0.39 is 0 Å². The summed E-state index contributed by atoms with van der Waals surface area (Å²) in [5, 5.41) is 9.71. The van der Waals surface area contributed by atoms with Crippen LogP contribution in [0.3, 0.4) is 0 Å². The minimum Gasteiger partial charge on any atom is -0.252 e. The van der Waals surface area contributed by atoms with Crippen LogP contribution in [-0.2, 0) is 0 Å². The minimum absolute atomic E-state index is 0.883. The van der Waals surface area contributed by atoms with Gasteiger partial charge in [-0.1, -0.05) is 133 Å². The van der Waals surface area contributed by atoms with Gasteiger partial charge >= 0.3 is 0 Å². The van der Waals surface area contributed by atoms with Crippen molar-refractivity contribution < 1.29 is 0 Å². The van der Waals surface area contributed by atoms with E-state index in [1.54, 1.807) is 0 Å². The number of hydrogen-bond acceptors (Lipinski definition) is 2. The van der Waals surface area contributed by atoms with E-state index in [-0.39, 0.29) is 0 Å². The SMILES string of the molecule is c1ccc(-c2cnc3c4cc(-c5cccc(-c6cc7ccccc7c7ccccc67)c5)ccc4c4ccccc4c3n2)cc1. The van der Waals surface area contributed by atoms with Gasteiger partial charge in [0.2, 0.25) is 0 Å². The van der Waals surface area contributed by atoms with Crippen LogP contribution in [0.5, 0.6) is 0 Å². The van der Waals surface area contributed by atoms with Crippen molar-refractivity contribution in [2.45, 2.75) is 0 Å². The Morgan fingerprint density at radius 1 is 0.341 bits per heavy atom. The predicted molar refractivity (Wildman–Crippen MR) is 186 cm³/mol. The maximum atomic E-state index is 5.17. The lowest BCUT2D eigenvalue weighted by molar-refractivity contribution is 1.31. The van der Waals surface area contributed by atoms with E-state index in [1.807, 2.05) is 24.4 Å². The van der Waals surface area contributed by atoms with Crippen molar-refractivity contribution in [2.24, 2.45) is 0 Å². The molecule has 0 aliphatic heterocycles. The van der Waals surface area contributed by atoms with Crippen molar-refractivity contribution in [3.8, 4) is 33.5 Å². The zero-order valence-electron chi connectivity index (χ0n) is 23.9. The number of benzene rings is 8. The van der Waals surface area contributed by atoms with Crippen LogP contribution in [0.1, 0.15) is 0 Å². The fourth-order valence-corrected chi connectivity index (χ4v) is 6.76. The second kappa shape index (κ2) is 9.86. The second-order valence-electron chi connectivity index (χ2n) is 11.4. The molecule has 0 saturated carbocycles. The molecule has 0 saturated heterocycles. The maximum Gasteiger partial charge on any atom is 0.0979 e. The van der Waals surface area contributed by atoms with Gasteiger partial charge in [-0.25, -0.2) is 4.98 Å². The third-order valence-corrected chi connectivity index (χ3v) is 8.86. The van der Waals surface area contributed by atoms with Gasteiger partial charge in [0.25, 0.3) is 0 Å². The summed E-state index contributed by atoms with van der Waals surface area (Å²) in [5.41, 5.74) is 8.61. The van der Waals surface area contributed by atoms with Crippen molar-refractivity contribution >= 4 is 54.1 Å². The molecule has 0 spiro atoms. The molecule has 0 radical (unpaired) electrons. The molecular formula is C42H26N2. The smallest absolute Gasteiger partial charge is 0.0979 e. The molecule has 1 aromatic heterocycles. The van der Waals surface area contributed by atoms with Gasteiger partial charge in [0.05, 0.1) is 22.9 Å². The van der Waals surface area contributed by atoms with Gasteiger partial charge in [0.15, 0.2) is 0 Å². The molecule has 2 nitrogen and oxygen atoms in total. The van der Waals surface area contributed by atoms with Crippen LogP contribution in [-0.4, -0.2) is 9.97 Å². The minimum atomic E-state index is 0.883. The number of rotatable bonds is 3. The summed E-state index contributed by atoms with van der Waals surface area (Å²) in [6, 6.07) is 54.2. The van der Waals surface area contributed by atoms with Crippen molar-refractivity contribution in [2.75, 3.05) is 0 Å². The van der Waals surface area contributed by atoms with E-state index in [1.165, 1.54) is 49.0 Å². The fourth-order valence-electron chi connectivity index (χ4n) is 6.76. The molecule has 0 atom stereocenters. The van der Waals surface area contributed by atoms with Crippen LogP contribution < -0.4 is 0 Å². The van der Waals surface area contributed by atoms with Crippen LogP contribution in [0, 0.1) is 0 Å². The lowest BCUT2D eigenvalue weighted by Crippen LogP contribution is -1.92. The molecule has 0 amide bonds. The zero-order valence-corrected chi connectivity index (χ0v) is 23.9. The highest BCUT2D eigenvalue weighted by Gasteiger charge is 2.14. The third-order valence-electron chi connectivity index (χ3n) is 8.86. The summed E-state index contributed by atoms with van der Waals surface area (Å²) in [6.07, 6.45) is 1.91. The number of nitrogens with zero attached hydrogens (tertiary/aromatic N) is 2. The van der Waals surface area contributed by atoms with Crippen molar-refractivity contribution in [3.63, 3.8) is 0 Å². The van der Waals surface area contributed by atoms with Crippen molar-refractivity contribution in [1.82, 2.24) is 9.97 Å². The highest BCUT2D eigenvalue weighted by Crippen LogP contribution is 2.39. The normalized spacial score (nSPS) is 11.6. The van der Waals surface area contributed by atoms with Gasteiger partial charge in [-0.3, -0.25) is 4.98 Å². The molecule has 0 bridgehead atoms. The van der Waals surface area contributed by atoms with E-state index in [2.05, 4.69) is 133 Å². The molecule has 1 heterocycles. The van der Waals surface area contributed by atoms with Crippen molar-refractivity contribution in [1.29, 1.82) is 0 Å². The maximum absolute atomic E-state index is 5.17. The van der Waals surface area contributed by atoms with Crippen LogP contribution in [0.4, 0.5) is 0 Å². The highest BCUT2D eigenvalue weighted by atomic mass is 14.8. The Kier molecular flexibility index (Phi) is 5.54. The first kappa shape index (κ1) is 24.7. The monoisotopic (exact) mass is 558 g/mol. The molecule has 0 unspecified atom stereocenters. The number of hydrogen-bond donors (Lipinski definition) is 0. The molecule has 44 heavy (non-hydrogen) atoms. The van der Waals surface area contributed by atoms with Crippen molar-refractivity contribution in [3.05, 3.63) is 158 Å². The first-order valence-electron chi connectivity index (χ1n) is 15.0. The first-order valence-corrected chi connectivity index (χ1v) is 15.0. The molecule has 0 N–H and O–H groups in total. The lowest BCUT2D eigenvalue weighted by Gasteiger charge is -2.14. The molecule has 2 heteroatoms. The average molecular weight is 559 g/mol. The number of fused-ring (bicyclic) bond motifs is 9.